The van der Waals surface area contributed by atoms with Crippen molar-refractivity contribution in [1.29, 1.82) is 0 Å². The van der Waals surface area contributed by atoms with Crippen molar-refractivity contribution >= 4 is 0 Å². The topological polar surface area (TPSA) is 44.5 Å². The molecule has 1 fully saturated rings. The number of ether oxygens (including phenoxy) is 2. The maximum absolute atomic E-state index is 6.12. The number of hydrogen-bond acceptors (Lipinski definition) is 3. The first kappa shape index (κ1) is 13.9. The molecule has 1 unspecified atom stereocenters. The minimum atomic E-state index is -0.552. The molecule has 0 radical (unpaired) electrons. The van der Waals surface area contributed by atoms with Gasteiger partial charge < -0.3 is 15.2 Å². The van der Waals surface area contributed by atoms with Gasteiger partial charge in [0.2, 0.25) is 0 Å². The molecule has 2 N–H and O–H groups in total. The molecule has 1 rings (SSSR count). The molecule has 3 nitrogen and oxygen atoms in total. The molecule has 0 saturated heterocycles. The molecule has 0 aromatic carbocycles. The highest BCUT2D eigenvalue weighted by atomic mass is 16.7. The fraction of sp³-hybridized carbons (Fsp3) is 1.00. The van der Waals surface area contributed by atoms with E-state index < -0.39 is 5.79 Å². The van der Waals surface area contributed by atoms with Crippen LogP contribution in [0.1, 0.15) is 52.9 Å². The fourth-order valence-electron chi connectivity index (χ4n) is 2.87. The first-order chi connectivity index (χ1) is 7.67. The van der Waals surface area contributed by atoms with E-state index in [1.807, 2.05) is 20.8 Å². The molecular weight excluding hydrogens is 202 g/mol. The Hall–Kier alpha value is -0.120. The third kappa shape index (κ3) is 2.96. The Balaban J connectivity index is 2.79. The van der Waals surface area contributed by atoms with Gasteiger partial charge in [-0.2, -0.15) is 0 Å². The van der Waals surface area contributed by atoms with Gasteiger partial charge in [-0.15, -0.1) is 0 Å². The van der Waals surface area contributed by atoms with E-state index in [0.29, 0.717) is 19.1 Å². The molecule has 3 heteroatoms. The van der Waals surface area contributed by atoms with Gasteiger partial charge in [-0.25, -0.2) is 0 Å². The largest absolute Gasteiger partial charge is 0.348 e. The van der Waals surface area contributed by atoms with Gasteiger partial charge in [0, 0.05) is 19.1 Å². The van der Waals surface area contributed by atoms with E-state index in [9.17, 15) is 0 Å². The van der Waals surface area contributed by atoms with Gasteiger partial charge in [0.05, 0.1) is 6.04 Å². The predicted molar refractivity (Wildman–Crippen MR) is 66.2 cm³/mol. The van der Waals surface area contributed by atoms with Crippen LogP contribution in [-0.4, -0.2) is 25.0 Å². The van der Waals surface area contributed by atoms with Gasteiger partial charge in [-0.05, 0) is 33.6 Å². The van der Waals surface area contributed by atoms with E-state index in [1.165, 1.54) is 32.1 Å². The Labute approximate surface area is 99.7 Å². The summed E-state index contributed by atoms with van der Waals surface area (Å²) in [6, 6.07) is -0.0736. The summed E-state index contributed by atoms with van der Waals surface area (Å²) in [6.45, 7) is 7.36. The molecule has 1 saturated carbocycles. The quantitative estimate of drug-likeness (QED) is 0.712. The molecule has 0 aliphatic heterocycles. The van der Waals surface area contributed by atoms with Crippen LogP contribution in [0, 0.1) is 5.92 Å². The smallest absolute Gasteiger partial charge is 0.185 e. The standard InChI is InChI=1S/C13H27NO2/c1-4-15-13(11(3)14,16-5-2)12-9-7-6-8-10-12/h11-12H,4-10,14H2,1-3H3. The van der Waals surface area contributed by atoms with Crippen LogP contribution < -0.4 is 5.73 Å². The lowest BCUT2D eigenvalue weighted by atomic mass is 9.80. The fourth-order valence-corrected chi connectivity index (χ4v) is 2.87. The Morgan fingerprint density at radius 1 is 1.12 bits per heavy atom. The molecular formula is C13H27NO2. The number of rotatable bonds is 6. The Kier molecular flexibility index (Phi) is 5.73. The van der Waals surface area contributed by atoms with Crippen LogP contribution in [-0.2, 0) is 9.47 Å². The molecule has 0 aromatic heterocycles. The molecule has 1 aliphatic rings. The lowest BCUT2D eigenvalue weighted by molar-refractivity contribution is -0.277. The summed E-state index contributed by atoms with van der Waals surface area (Å²) in [5, 5.41) is 0. The zero-order valence-corrected chi connectivity index (χ0v) is 11.0. The van der Waals surface area contributed by atoms with Gasteiger partial charge in [-0.3, -0.25) is 0 Å². The van der Waals surface area contributed by atoms with Gasteiger partial charge >= 0.3 is 0 Å². The Morgan fingerprint density at radius 2 is 1.62 bits per heavy atom. The van der Waals surface area contributed by atoms with Crippen LogP contribution >= 0.6 is 0 Å². The van der Waals surface area contributed by atoms with E-state index in [0.717, 1.165) is 0 Å². The number of nitrogens with two attached hydrogens (primary N) is 1. The second kappa shape index (κ2) is 6.58. The molecule has 16 heavy (non-hydrogen) atoms. The highest BCUT2D eigenvalue weighted by Crippen LogP contribution is 2.37. The average molecular weight is 229 g/mol. The van der Waals surface area contributed by atoms with Crippen molar-refractivity contribution in [3.63, 3.8) is 0 Å². The van der Waals surface area contributed by atoms with Crippen molar-refractivity contribution in [1.82, 2.24) is 0 Å². The van der Waals surface area contributed by atoms with Crippen molar-refractivity contribution in [2.75, 3.05) is 13.2 Å². The van der Waals surface area contributed by atoms with E-state index in [4.69, 9.17) is 15.2 Å². The molecule has 0 amide bonds. The van der Waals surface area contributed by atoms with Crippen molar-refractivity contribution in [2.45, 2.75) is 64.7 Å². The molecule has 0 bridgehead atoms. The molecule has 0 spiro atoms. The van der Waals surface area contributed by atoms with E-state index in [2.05, 4.69) is 0 Å². The molecule has 0 heterocycles. The average Bonchev–Trinajstić information content (AvgIpc) is 2.29. The zero-order valence-electron chi connectivity index (χ0n) is 11.0. The summed E-state index contributed by atoms with van der Waals surface area (Å²) < 4.78 is 11.8. The molecule has 0 aromatic rings. The van der Waals surface area contributed by atoms with E-state index in [-0.39, 0.29) is 6.04 Å². The van der Waals surface area contributed by atoms with E-state index >= 15 is 0 Å². The van der Waals surface area contributed by atoms with Crippen molar-refractivity contribution in [2.24, 2.45) is 11.7 Å². The molecule has 1 aliphatic carbocycles. The first-order valence-corrected chi connectivity index (χ1v) is 6.70. The zero-order chi connectivity index (χ0) is 12.0. The summed E-state index contributed by atoms with van der Waals surface area (Å²) in [4.78, 5) is 0. The lowest BCUT2D eigenvalue weighted by Crippen LogP contribution is -2.56. The van der Waals surface area contributed by atoms with Gasteiger partial charge in [-0.1, -0.05) is 19.3 Å². The third-order valence-corrected chi connectivity index (χ3v) is 3.55. The first-order valence-electron chi connectivity index (χ1n) is 6.70. The van der Waals surface area contributed by atoms with Crippen LogP contribution in [0.5, 0.6) is 0 Å². The summed E-state index contributed by atoms with van der Waals surface area (Å²) >= 11 is 0. The van der Waals surface area contributed by atoms with Crippen LogP contribution in [0.2, 0.25) is 0 Å². The van der Waals surface area contributed by atoms with Crippen LogP contribution in [0.15, 0.2) is 0 Å². The Morgan fingerprint density at radius 3 is 2.00 bits per heavy atom. The Bertz CT molecular complexity index is 182. The van der Waals surface area contributed by atoms with Crippen LogP contribution in [0.3, 0.4) is 0 Å². The minimum absolute atomic E-state index is 0.0736. The van der Waals surface area contributed by atoms with E-state index in [1.54, 1.807) is 0 Å². The third-order valence-electron chi connectivity index (χ3n) is 3.55. The summed E-state index contributed by atoms with van der Waals surface area (Å²) in [6.07, 6.45) is 6.26. The highest BCUT2D eigenvalue weighted by molar-refractivity contribution is 4.89. The number of hydrogen-bond donors (Lipinski definition) is 1. The second-order valence-electron chi connectivity index (χ2n) is 4.71. The van der Waals surface area contributed by atoms with Gasteiger partial charge in [0.25, 0.3) is 0 Å². The minimum Gasteiger partial charge on any atom is -0.348 e. The maximum Gasteiger partial charge on any atom is 0.185 e. The summed E-state index contributed by atoms with van der Waals surface area (Å²) in [5.74, 6) is -0.0923. The SMILES string of the molecule is CCOC(OCC)(C(C)N)C1CCCCC1. The highest BCUT2D eigenvalue weighted by Gasteiger charge is 2.44. The van der Waals surface area contributed by atoms with Crippen molar-refractivity contribution < 1.29 is 9.47 Å². The predicted octanol–water partition coefficient (Wildman–Crippen LogP) is 2.68. The second-order valence-corrected chi connectivity index (χ2v) is 4.71. The lowest BCUT2D eigenvalue weighted by Gasteiger charge is -2.44. The molecule has 1 atom stereocenters. The monoisotopic (exact) mass is 229 g/mol. The van der Waals surface area contributed by atoms with Gasteiger partial charge in [0.1, 0.15) is 0 Å². The summed E-state index contributed by atoms with van der Waals surface area (Å²) in [5.41, 5.74) is 6.12. The molecule has 96 valence electrons. The van der Waals surface area contributed by atoms with Gasteiger partial charge in [0.15, 0.2) is 5.79 Å². The maximum atomic E-state index is 6.12. The van der Waals surface area contributed by atoms with Crippen molar-refractivity contribution in [3.8, 4) is 0 Å². The van der Waals surface area contributed by atoms with Crippen LogP contribution in [0.4, 0.5) is 0 Å². The summed E-state index contributed by atoms with van der Waals surface area (Å²) in [7, 11) is 0. The van der Waals surface area contributed by atoms with Crippen molar-refractivity contribution in [3.05, 3.63) is 0 Å². The normalized spacial score (nSPS) is 21.0. The van der Waals surface area contributed by atoms with Crippen LogP contribution in [0.25, 0.3) is 0 Å².